The smallest absolute Gasteiger partial charge is 0.266 e. The van der Waals surface area contributed by atoms with Gasteiger partial charge in [-0.25, -0.2) is 4.98 Å². The minimum absolute atomic E-state index is 0.0734. The molecule has 0 spiro atoms. The first-order valence-corrected chi connectivity index (χ1v) is 9.02. The van der Waals surface area contributed by atoms with E-state index in [1.54, 1.807) is 4.57 Å². The first-order chi connectivity index (χ1) is 12.7. The summed E-state index contributed by atoms with van der Waals surface area (Å²) in [6.07, 6.45) is 3.84. The monoisotopic (exact) mass is 402 g/mol. The van der Waals surface area contributed by atoms with E-state index < -0.39 is 0 Å². The molecule has 126 valence electrons. The lowest BCUT2D eigenvalue weighted by molar-refractivity contribution is 0.944. The van der Waals surface area contributed by atoms with Crippen LogP contribution in [0.2, 0.25) is 0 Å². The predicted molar refractivity (Wildman–Crippen MR) is 110 cm³/mol. The molecule has 0 bridgehead atoms. The summed E-state index contributed by atoms with van der Waals surface area (Å²) in [4.78, 5) is 17.8. The van der Waals surface area contributed by atoms with Crippen molar-refractivity contribution in [2.24, 2.45) is 0 Å². The van der Waals surface area contributed by atoms with Crippen LogP contribution in [-0.4, -0.2) is 9.55 Å². The summed E-state index contributed by atoms with van der Waals surface area (Å²) in [6, 6.07) is 25.0. The van der Waals surface area contributed by atoms with Crippen LogP contribution in [0.5, 0.6) is 0 Å². The van der Waals surface area contributed by atoms with E-state index in [9.17, 15) is 4.79 Å². The van der Waals surface area contributed by atoms with Gasteiger partial charge in [0, 0.05) is 4.47 Å². The third kappa shape index (κ3) is 3.24. The molecule has 0 amide bonds. The first-order valence-electron chi connectivity index (χ1n) is 8.23. The van der Waals surface area contributed by atoms with Gasteiger partial charge in [0.25, 0.3) is 5.56 Å². The van der Waals surface area contributed by atoms with Gasteiger partial charge in [-0.1, -0.05) is 64.5 Å². The fourth-order valence-corrected chi connectivity index (χ4v) is 3.29. The van der Waals surface area contributed by atoms with Crippen molar-refractivity contribution in [1.82, 2.24) is 9.55 Å². The van der Waals surface area contributed by atoms with Crippen LogP contribution in [0.1, 0.15) is 11.4 Å². The lowest BCUT2D eigenvalue weighted by atomic mass is 10.2. The van der Waals surface area contributed by atoms with Crippen LogP contribution >= 0.6 is 15.9 Å². The number of benzene rings is 3. The van der Waals surface area contributed by atoms with Crippen LogP contribution in [0.3, 0.4) is 0 Å². The molecule has 0 atom stereocenters. The maximum Gasteiger partial charge on any atom is 0.266 e. The maximum atomic E-state index is 13.1. The molecule has 0 fully saturated rings. The lowest BCUT2D eigenvalue weighted by Gasteiger charge is -2.11. The van der Waals surface area contributed by atoms with Crippen molar-refractivity contribution in [2.75, 3.05) is 0 Å². The van der Waals surface area contributed by atoms with E-state index >= 15 is 0 Å². The van der Waals surface area contributed by atoms with Gasteiger partial charge < -0.3 is 0 Å². The number of para-hydroxylation sites is 2. The number of rotatable bonds is 3. The zero-order valence-electron chi connectivity index (χ0n) is 13.8. The van der Waals surface area contributed by atoms with Gasteiger partial charge in [0.05, 0.1) is 16.6 Å². The Balaban J connectivity index is 1.94. The van der Waals surface area contributed by atoms with Crippen LogP contribution in [0.4, 0.5) is 0 Å². The number of hydrogen-bond acceptors (Lipinski definition) is 2. The Hall–Kier alpha value is -2.98. The number of aromatic nitrogens is 2. The molecule has 4 heteroatoms. The summed E-state index contributed by atoms with van der Waals surface area (Å²) in [5.41, 5.74) is 2.44. The summed E-state index contributed by atoms with van der Waals surface area (Å²) in [7, 11) is 0. The van der Waals surface area contributed by atoms with Gasteiger partial charge in [0.2, 0.25) is 0 Å². The van der Waals surface area contributed by atoms with E-state index in [1.165, 1.54) is 0 Å². The zero-order chi connectivity index (χ0) is 17.9. The number of hydrogen-bond donors (Lipinski definition) is 0. The normalized spacial score (nSPS) is 11.3. The van der Waals surface area contributed by atoms with Crippen molar-refractivity contribution in [3.8, 4) is 5.69 Å². The average molecular weight is 403 g/mol. The molecular weight excluding hydrogens is 388 g/mol. The van der Waals surface area contributed by atoms with Gasteiger partial charge in [0.15, 0.2) is 0 Å². The molecule has 0 saturated carbocycles. The fraction of sp³-hybridized carbons (Fsp3) is 0. The molecule has 4 aromatic rings. The Bertz CT molecular complexity index is 1160. The third-order valence-corrected chi connectivity index (χ3v) is 4.58. The van der Waals surface area contributed by atoms with E-state index in [1.807, 2.05) is 91.0 Å². The molecule has 3 aromatic carbocycles. The van der Waals surface area contributed by atoms with Crippen molar-refractivity contribution >= 4 is 39.0 Å². The molecule has 3 nitrogen and oxygen atoms in total. The topological polar surface area (TPSA) is 34.9 Å². The summed E-state index contributed by atoms with van der Waals surface area (Å²) in [6.45, 7) is 0. The second-order valence-electron chi connectivity index (χ2n) is 5.85. The summed E-state index contributed by atoms with van der Waals surface area (Å²) in [5, 5.41) is 0.607. The minimum atomic E-state index is -0.0734. The molecule has 0 saturated heterocycles. The Morgan fingerprint density at radius 1 is 0.846 bits per heavy atom. The summed E-state index contributed by atoms with van der Waals surface area (Å²) < 4.78 is 2.66. The van der Waals surface area contributed by atoms with E-state index in [4.69, 9.17) is 4.98 Å². The highest BCUT2D eigenvalue weighted by Gasteiger charge is 2.10. The second kappa shape index (κ2) is 7.10. The molecular formula is C22H15BrN2O. The van der Waals surface area contributed by atoms with E-state index in [0.717, 1.165) is 15.7 Å². The average Bonchev–Trinajstić information content (AvgIpc) is 2.67. The van der Waals surface area contributed by atoms with E-state index in [0.29, 0.717) is 16.7 Å². The first kappa shape index (κ1) is 16.5. The second-order valence-corrected chi connectivity index (χ2v) is 6.77. The minimum Gasteiger partial charge on any atom is -0.268 e. The van der Waals surface area contributed by atoms with E-state index in [-0.39, 0.29) is 5.56 Å². The standard InChI is InChI=1S/C22H15BrN2O/c23-17-8-6-7-16(15-17)13-14-21-24-20-12-5-4-11-19(20)22(26)25(21)18-9-2-1-3-10-18/h1-15H. The number of nitrogens with zero attached hydrogens (tertiary/aromatic N) is 2. The van der Waals surface area contributed by atoms with Gasteiger partial charge in [-0.2, -0.15) is 0 Å². The molecule has 0 radical (unpaired) electrons. The van der Waals surface area contributed by atoms with Crippen molar-refractivity contribution in [3.05, 3.63) is 105 Å². The molecule has 0 aliphatic heterocycles. The largest absolute Gasteiger partial charge is 0.268 e. The van der Waals surface area contributed by atoms with Crippen LogP contribution in [-0.2, 0) is 0 Å². The Kier molecular flexibility index (Phi) is 4.50. The predicted octanol–water partition coefficient (Wildman–Crippen LogP) is 5.32. The summed E-state index contributed by atoms with van der Waals surface area (Å²) in [5.74, 6) is 0.597. The zero-order valence-corrected chi connectivity index (χ0v) is 15.4. The SMILES string of the molecule is O=c1c2ccccc2nc(C=Cc2cccc(Br)c2)n1-c1ccccc1. The Morgan fingerprint density at radius 2 is 1.62 bits per heavy atom. The Morgan fingerprint density at radius 3 is 2.42 bits per heavy atom. The van der Waals surface area contributed by atoms with Crippen molar-refractivity contribution in [1.29, 1.82) is 0 Å². The van der Waals surface area contributed by atoms with Gasteiger partial charge in [-0.05, 0) is 48.0 Å². The van der Waals surface area contributed by atoms with Crippen molar-refractivity contribution < 1.29 is 0 Å². The van der Waals surface area contributed by atoms with Crippen LogP contribution in [0.15, 0.2) is 88.1 Å². The van der Waals surface area contributed by atoms with E-state index in [2.05, 4.69) is 15.9 Å². The van der Waals surface area contributed by atoms with Gasteiger partial charge >= 0.3 is 0 Å². The lowest BCUT2D eigenvalue weighted by Crippen LogP contribution is -2.22. The number of fused-ring (bicyclic) bond motifs is 1. The highest BCUT2D eigenvalue weighted by Crippen LogP contribution is 2.17. The fourth-order valence-electron chi connectivity index (χ4n) is 2.87. The third-order valence-electron chi connectivity index (χ3n) is 4.09. The molecule has 1 heterocycles. The van der Waals surface area contributed by atoms with Gasteiger partial charge in [0.1, 0.15) is 5.82 Å². The molecule has 4 rings (SSSR count). The molecule has 0 aliphatic rings. The van der Waals surface area contributed by atoms with Gasteiger partial charge in [-0.15, -0.1) is 0 Å². The maximum absolute atomic E-state index is 13.1. The quantitative estimate of drug-likeness (QED) is 0.464. The van der Waals surface area contributed by atoms with Crippen LogP contribution in [0.25, 0.3) is 28.7 Å². The van der Waals surface area contributed by atoms with Gasteiger partial charge in [-0.3, -0.25) is 9.36 Å². The molecule has 0 unspecified atom stereocenters. The highest BCUT2D eigenvalue weighted by atomic mass is 79.9. The highest BCUT2D eigenvalue weighted by molar-refractivity contribution is 9.10. The molecule has 26 heavy (non-hydrogen) atoms. The van der Waals surface area contributed by atoms with Crippen LogP contribution in [0, 0.1) is 0 Å². The molecule has 0 aliphatic carbocycles. The van der Waals surface area contributed by atoms with Crippen LogP contribution < -0.4 is 5.56 Å². The molecule has 0 N–H and O–H groups in total. The molecule has 1 aromatic heterocycles. The summed E-state index contributed by atoms with van der Waals surface area (Å²) >= 11 is 3.48. The number of halogens is 1. The Labute approximate surface area is 159 Å². The van der Waals surface area contributed by atoms with Crippen molar-refractivity contribution in [3.63, 3.8) is 0 Å². The van der Waals surface area contributed by atoms with Crippen molar-refractivity contribution in [2.45, 2.75) is 0 Å².